The van der Waals surface area contributed by atoms with Crippen LogP contribution in [-0.4, -0.2) is 30.9 Å². The third-order valence-corrected chi connectivity index (χ3v) is 3.58. The fraction of sp³-hybridized carbons (Fsp3) is 0.545. The second-order valence-electron chi connectivity index (χ2n) is 4.26. The van der Waals surface area contributed by atoms with E-state index in [1.807, 2.05) is 13.8 Å². The van der Waals surface area contributed by atoms with Crippen molar-refractivity contribution in [2.45, 2.75) is 25.7 Å². The lowest BCUT2D eigenvalue weighted by molar-refractivity contribution is -0.137. The number of thiophene rings is 1. The summed E-state index contributed by atoms with van der Waals surface area (Å²) >= 11 is 7.02. The summed E-state index contributed by atoms with van der Waals surface area (Å²) in [6.07, 6.45) is -0.0932. The minimum atomic E-state index is -0.554. The maximum atomic E-state index is 11.7. The first-order valence-electron chi connectivity index (χ1n) is 5.31. The number of halogens is 1. The number of carbonyl (C=O) groups is 1. The molecule has 1 aliphatic heterocycles. The second kappa shape index (κ2) is 4.94. The molecule has 0 aliphatic carbocycles. The highest BCUT2D eigenvalue weighted by Gasteiger charge is 2.32. The summed E-state index contributed by atoms with van der Waals surface area (Å²) in [7, 11) is 0. The van der Waals surface area contributed by atoms with Crippen molar-refractivity contribution in [2.24, 2.45) is 0 Å². The number of carbonyl (C=O) groups excluding carboxylic acids is 1. The molecule has 0 aromatic carbocycles. The van der Waals surface area contributed by atoms with E-state index in [0.717, 1.165) is 0 Å². The number of hydrogen-bond donors (Lipinski definition) is 1. The summed E-state index contributed by atoms with van der Waals surface area (Å²) in [6.45, 7) is 4.65. The minimum absolute atomic E-state index is 0.0932. The van der Waals surface area contributed by atoms with Gasteiger partial charge in [0.05, 0.1) is 15.8 Å². The van der Waals surface area contributed by atoms with E-state index >= 15 is 0 Å². The van der Waals surface area contributed by atoms with E-state index in [1.165, 1.54) is 11.3 Å². The lowest BCUT2D eigenvalue weighted by atomic mass is 10.3. The van der Waals surface area contributed by atoms with Crippen LogP contribution in [0.2, 0.25) is 4.34 Å². The van der Waals surface area contributed by atoms with E-state index in [9.17, 15) is 4.79 Å². The number of ether oxygens (including phenoxy) is 2. The Morgan fingerprint density at radius 2 is 2.41 bits per heavy atom. The van der Waals surface area contributed by atoms with Gasteiger partial charge in [-0.1, -0.05) is 11.6 Å². The van der Waals surface area contributed by atoms with Crippen molar-refractivity contribution >= 4 is 28.8 Å². The summed E-state index contributed by atoms with van der Waals surface area (Å²) in [6, 6.07) is 3.41. The van der Waals surface area contributed by atoms with Crippen molar-refractivity contribution < 1.29 is 14.3 Å². The van der Waals surface area contributed by atoms with Crippen molar-refractivity contribution in [3.8, 4) is 0 Å². The average molecular weight is 276 g/mol. The van der Waals surface area contributed by atoms with E-state index in [1.54, 1.807) is 12.1 Å². The van der Waals surface area contributed by atoms with E-state index in [-0.39, 0.29) is 12.0 Å². The fourth-order valence-corrected chi connectivity index (χ4v) is 2.55. The fourth-order valence-electron chi connectivity index (χ4n) is 1.59. The van der Waals surface area contributed by atoms with Gasteiger partial charge in [-0.2, -0.15) is 0 Å². The molecule has 0 radical (unpaired) electrons. The van der Waals surface area contributed by atoms with Gasteiger partial charge in [-0.3, -0.25) is 4.79 Å². The van der Waals surface area contributed by atoms with Crippen molar-refractivity contribution in [2.75, 3.05) is 13.2 Å². The molecule has 1 fully saturated rings. The molecule has 17 heavy (non-hydrogen) atoms. The predicted molar refractivity (Wildman–Crippen MR) is 66.6 cm³/mol. The molecule has 1 amide bonds. The highest BCUT2D eigenvalue weighted by atomic mass is 35.5. The molecule has 0 saturated carbocycles. The molecule has 1 aromatic heterocycles. The highest BCUT2D eigenvalue weighted by molar-refractivity contribution is 7.17. The Balaban J connectivity index is 1.81. The smallest absolute Gasteiger partial charge is 0.261 e. The third kappa shape index (κ3) is 3.42. The zero-order chi connectivity index (χ0) is 12.5. The van der Waals surface area contributed by atoms with Crippen LogP contribution in [0.15, 0.2) is 12.1 Å². The van der Waals surface area contributed by atoms with Crippen LogP contribution in [0, 0.1) is 0 Å². The number of nitrogens with one attached hydrogen (secondary N) is 1. The summed E-state index contributed by atoms with van der Waals surface area (Å²) in [5, 5.41) is 2.80. The first-order chi connectivity index (χ1) is 7.96. The maximum Gasteiger partial charge on any atom is 0.261 e. The third-order valence-electron chi connectivity index (χ3n) is 2.35. The van der Waals surface area contributed by atoms with Gasteiger partial charge in [0.15, 0.2) is 5.79 Å². The van der Waals surface area contributed by atoms with E-state index < -0.39 is 5.79 Å². The van der Waals surface area contributed by atoms with Crippen LogP contribution in [0.5, 0.6) is 0 Å². The summed E-state index contributed by atoms with van der Waals surface area (Å²) in [5.74, 6) is -0.683. The largest absolute Gasteiger partial charge is 0.349 e. The molecular weight excluding hydrogens is 262 g/mol. The van der Waals surface area contributed by atoms with Crippen LogP contribution in [0.4, 0.5) is 0 Å². The molecule has 94 valence electrons. The van der Waals surface area contributed by atoms with Gasteiger partial charge < -0.3 is 14.8 Å². The van der Waals surface area contributed by atoms with Crippen molar-refractivity contribution in [1.82, 2.24) is 5.32 Å². The van der Waals surface area contributed by atoms with Gasteiger partial charge in [0, 0.05) is 6.54 Å². The quantitative estimate of drug-likeness (QED) is 0.921. The normalized spacial score (nSPS) is 22.6. The Morgan fingerprint density at radius 1 is 1.65 bits per heavy atom. The van der Waals surface area contributed by atoms with Crippen molar-refractivity contribution in [3.63, 3.8) is 0 Å². The lowest BCUT2D eigenvalue weighted by Crippen LogP contribution is -2.34. The van der Waals surface area contributed by atoms with E-state index in [2.05, 4.69) is 5.32 Å². The zero-order valence-electron chi connectivity index (χ0n) is 9.66. The Labute approximate surface area is 109 Å². The molecule has 6 heteroatoms. The summed E-state index contributed by atoms with van der Waals surface area (Å²) < 4.78 is 11.6. The van der Waals surface area contributed by atoms with Gasteiger partial charge in [-0.25, -0.2) is 0 Å². The van der Waals surface area contributed by atoms with Gasteiger partial charge in [0.25, 0.3) is 5.91 Å². The van der Waals surface area contributed by atoms with E-state index in [0.29, 0.717) is 22.4 Å². The van der Waals surface area contributed by atoms with Crippen molar-refractivity contribution in [3.05, 3.63) is 21.3 Å². The van der Waals surface area contributed by atoms with Crippen LogP contribution in [0.1, 0.15) is 23.5 Å². The molecule has 1 N–H and O–H groups in total. The van der Waals surface area contributed by atoms with Crippen LogP contribution < -0.4 is 5.32 Å². The first kappa shape index (κ1) is 12.8. The molecule has 1 unspecified atom stereocenters. The average Bonchev–Trinajstić information content (AvgIpc) is 2.81. The van der Waals surface area contributed by atoms with Gasteiger partial charge in [-0.15, -0.1) is 11.3 Å². The molecule has 1 aliphatic rings. The van der Waals surface area contributed by atoms with Crippen LogP contribution in [-0.2, 0) is 9.47 Å². The monoisotopic (exact) mass is 275 g/mol. The molecular formula is C11H14ClNO3S. The highest BCUT2D eigenvalue weighted by Crippen LogP contribution is 2.23. The van der Waals surface area contributed by atoms with Gasteiger partial charge in [0.1, 0.15) is 6.10 Å². The Bertz CT molecular complexity index is 419. The molecule has 1 atom stereocenters. The first-order valence-corrected chi connectivity index (χ1v) is 6.51. The predicted octanol–water partition coefficient (Wildman–Crippen LogP) is 2.28. The topological polar surface area (TPSA) is 47.6 Å². The lowest BCUT2D eigenvalue weighted by Gasteiger charge is -2.17. The van der Waals surface area contributed by atoms with Crippen LogP contribution >= 0.6 is 22.9 Å². The molecule has 4 nitrogen and oxygen atoms in total. The number of rotatable bonds is 3. The zero-order valence-corrected chi connectivity index (χ0v) is 11.2. The summed E-state index contributed by atoms with van der Waals surface area (Å²) in [4.78, 5) is 12.3. The second-order valence-corrected chi connectivity index (χ2v) is 5.98. The molecule has 1 aromatic rings. The van der Waals surface area contributed by atoms with Crippen LogP contribution in [0.25, 0.3) is 0 Å². The molecule has 2 heterocycles. The Morgan fingerprint density at radius 3 is 2.94 bits per heavy atom. The molecule has 1 saturated heterocycles. The minimum Gasteiger partial charge on any atom is -0.349 e. The van der Waals surface area contributed by atoms with Gasteiger partial charge in [-0.05, 0) is 26.0 Å². The number of amides is 1. The Hall–Kier alpha value is -0.620. The van der Waals surface area contributed by atoms with Gasteiger partial charge in [0.2, 0.25) is 0 Å². The van der Waals surface area contributed by atoms with E-state index in [4.69, 9.17) is 21.1 Å². The maximum absolute atomic E-state index is 11.7. The summed E-state index contributed by atoms with van der Waals surface area (Å²) in [5.41, 5.74) is 0. The molecule has 2 rings (SSSR count). The Kier molecular flexibility index (Phi) is 3.73. The van der Waals surface area contributed by atoms with Crippen LogP contribution in [0.3, 0.4) is 0 Å². The van der Waals surface area contributed by atoms with Crippen molar-refractivity contribution in [1.29, 1.82) is 0 Å². The molecule has 0 spiro atoms. The van der Waals surface area contributed by atoms with Gasteiger partial charge >= 0.3 is 0 Å². The SMILES string of the molecule is CC1(C)OCC(CNC(=O)c2ccc(Cl)s2)O1. The standard InChI is InChI=1S/C11H14ClNO3S/c1-11(2)15-6-7(16-11)5-13-10(14)8-3-4-9(12)17-8/h3-4,7H,5-6H2,1-2H3,(H,13,14). The number of hydrogen-bond acceptors (Lipinski definition) is 4. The molecule has 0 bridgehead atoms.